The molecule has 0 spiro atoms. The van der Waals surface area contributed by atoms with Crippen LogP contribution in [-0.2, 0) is 4.84 Å². The predicted octanol–water partition coefficient (Wildman–Crippen LogP) is 1.87. The highest BCUT2D eigenvalue weighted by Crippen LogP contribution is 2.35. The van der Waals surface area contributed by atoms with Crippen molar-refractivity contribution in [1.29, 1.82) is 0 Å². The summed E-state index contributed by atoms with van der Waals surface area (Å²) in [6, 6.07) is 0. The first-order chi connectivity index (χ1) is 6.68. The van der Waals surface area contributed by atoms with Gasteiger partial charge < -0.3 is 9.94 Å². The molecule has 1 saturated carbocycles. The second-order valence-corrected chi connectivity index (χ2v) is 4.37. The number of aliphatic hydroxyl groups is 1. The lowest BCUT2D eigenvalue weighted by molar-refractivity contribution is 0.0746. The van der Waals surface area contributed by atoms with Crippen molar-refractivity contribution in [2.75, 3.05) is 0 Å². The smallest absolute Gasteiger partial charge is 0.135 e. The molecule has 3 atom stereocenters. The molecular formula is C11H17NO2. The van der Waals surface area contributed by atoms with Crippen molar-refractivity contribution in [3.63, 3.8) is 0 Å². The summed E-state index contributed by atoms with van der Waals surface area (Å²) in [4.78, 5) is 5.29. The number of oxime groups is 1. The molecule has 1 heterocycles. The van der Waals surface area contributed by atoms with Crippen molar-refractivity contribution < 1.29 is 9.94 Å². The molecular weight excluding hydrogens is 178 g/mol. The van der Waals surface area contributed by atoms with Crippen molar-refractivity contribution in [2.45, 2.75) is 44.8 Å². The van der Waals surface area contributed by atoms with Crippen LogP contribution in [0.1, 0.15) is 32.6 Å². The summed E-state index contributed by atoms with van der Waals surface area (Å²) >= 11 is 0. The maximum atomic E-state index is 9.89. The summed E-state index contributed by atoms with van der Waals surface area (Å²) < 4.78 is 0. The fourth-order valence-electron chi connectivity index (χ4n) is 2.33. The van der Waals surface area contributed by atoms with E-state index in [4.69, 9.17) is 4.84 Å². The average molecular weight is 195 g/mol. The first kappa shape index (κ1) is 9.71. The summed E-state index contributed by atoms with van der Waals surface area (Å²) in [6.45, 7) is 5.72. The van der Waals surface area contributed by atoms with Crippen LogP contribution in [0.25, 0.3) is 0 Å². The van der Waals surface area contributed by atoms with E-state index in [1.165, 1.54) is 6.42 Å². The Morgan fingerprint density at radius 3 is 3.21 bits per heavy atom. The fourth-order valence-corrected chi connectivity index (χ4v) is 2.33. The van der Waals surface area contributed by atoms with Gasteiger partial charge in [0.15, 0.2) is 0 Å². The van der Waals surface area contributed by atoms with Gasteiger partial charge in [-0.15, -0.1) is 6.58 Å². The lowest BCUT2D eigenvalue weighted by Crippen LogP contribution is -2.28. The summed E-state index contributed by atoms with van der Waals surface area (Å²) in [7, 11) is 0. The second-order valence-electron chi connectivity index (χ2n) is 4.37. The molecule has 2 rings (SSSR count). The minimum Gasteiger partial charge on any atom is -0.392 e. The topological polar surface area (TPSA) is 41.8 Å². The van der Waals surface area contributed by atoms with Crippen molar-refractivity contribution >= 4 is 5.71 Å². The summed E-state index contributed by atoms with van der Waals surface area (Å²) in [5.74, 6) is 0.365. The average Bonchev–Trinajstić information content (AvgIpc) is 2.59. The first-order valence-corrected chi connectivity index (χ1v) is 5.24. The summed E-state index contributed by atoms with van der Waals surface area (Å²) in [6.07, 6.45) is 3.73. The molecule has 1 aliphatic heterocycles. The van der Waals surface area contributed by atoms with Crippen molar-refractivity contribution in [3.05, 3.63) is 12.2 Å². The largest absolute Gasteiger partial charge is 0.392 e. The third kappa shape index (κ3) is 1.69. The Morgan fingerprint density at radius 1 is 1.71 bits per heavy atom. The van der Waals surface area contributed by atoms with Crippen LogP contribution in [0.3, 0.4) is 0 Å². The van der Waals surface area contributed by atoms with Gasteiger partial charge in [0.2, 0.25) is 0 Å². The number of fused-ring (bicyclic) bond motifs is 1. The van der Waals surface area contributed by atoms with Crippen LogP contribution in [0.15, 0.2) is 17.3 Å². The first-order valence-electron chi connectivity index (χ1n) is 5.24. The Hall–Kier alpha value is -0.830. The molecule has 3 heteroatoms. The third-order valence-electron chi connectivity index (χ3n) is 3.01. The SMILES string of the molecule is C=C(C)C[C@H](O)C1=NO[C@H]2CCC[C@@H]12. The lowest BCUT2D eigenvalue weighted by atomic mass is 9.93. The summed E-state index contributed by atoms with van der Waals surface area (Å²) in [5, 5.41) is 13.9. The third-order valence-corrected chi connectivity index (χ3v) is 3.01. The summed E-state index contributed by atoms with van der Waals surface area (Å²) in [5.41, 5.74) is 1.83. The zero-order valence-electron chi connectivity index (χ0n) is 8.57. The highest BCUT2D eigenvalue weighted by molar-refractivity contribution is 5.92. The van der Waals surface area contributed by atoms with Gasteiger partial charge in [-0.1, -0.05) is 10.7 Å². The molecule has 0 saturated heterocycles. The zero-order chi connectivity index (χ0) is 10.1. The Balaban J connectivity index is 2.00. The maximum Gasteiger partial charge on any atom is 0.135 e. The molecule has 0 aromatic carbocycles. The molecule has 0 aromatic rings. The van der Waals surface area contributed by atoms with E-state index < -0.39 is 6.10 Å². The number of nitrogens with zero attached hydrogens (tertiary/aromatic N) is 1. The molecule has 1 N–H and O–H groups in total. The van der Waals surface area contributed by atoms with Crippen molar-refractivity contribution in [3.8, 4) is 0 Å². The minimum atomic E-state index is -0.486. The quantitative estimate of drug-likeness (QED) is 0.698. The highest BCUT2D eigenvalue weighted by atomic mass is 16.6. The van der Waals surface area contributed by atoms with Gasteiger partial charge in [0.05, 0.1) is 11.8 Å². The fraction of sp³-hybridized carbons (Fsp3) is 0.727. The van der Waals surface area contributed by atoms with Gasteiger partial charge in [0.25, 0.3) is 0 Å². The molecule has 0 radical (unpaired) electrons. The van der Waals surface area contributed by atoms with Gasteiger partial charge in [-0.3, -0.25) is 0 Å². The maximum absolute atomic E-state index is 9.89. The van der Waals surface area contributed by atoms with Crippen LogP contribution < -0.4 is 0 Å². The molecule has 0 unspecified atom stereocenters. The molecule has 78 valence electrons. The number of aliphatic hydroxyl groups excluding tert-OH is 1. The highest BCUT2D eigenvalue weighted by Gasteiger charge is 2.40. The van der Waals surface area contributed by atoms with Crippen molar-refractivity contribution in [2.24, 2.45) is 11.1 Å². The van der Waals surface area contributed by atoms with Crippen LogP contribution in [0, 0.1) is 5.92 Å². The van der Waals surface area contributed by atoms with E-state index in [0.29, 0.717) is 12.3 Å². The van der Waals surface area contributed by atoms with Crippen LogP contribution >= 0.6 is 0 Å². The van der Waals surface area contributed by atoms with Gasteiger partial charge in [-0.05, 0) is 32.6 Å². The van der Waals surface area contributed by atoms with E-state index in [-0.39, 0.29) is 6.10 Å². The number of hydrogen-bond donors (Lipinski definition) is 1. The van der Waals surface area contributed by atoms with Gasteiger partial charge in [0.1, 0.15) is 6.10 Å². The van der Waals surface area contributed by atoms with E-state index in [0.717, 1.165) is 24.1 Å². The van der Waals surface area contributed by atoms with Gasteiger partial charge in [0, 0.05) is 5.92 Å². The Morgan fingerprint density at radius 2 is 2.50 bits per heavy atom. The predicted molar refractivity (Wildman–Crippen MR) is 55.1 cm³/mol. The van der Waals surface area contributed by atoms with E-state index in [2.05, 4.69) is 11.7 Å². The van der Waals surface area contributed by atoms with Crippen LogP contribution in [-0.4, -0.2) is 23.0 Å². The molecule has 0 aromatic heterocycles. The Bertz CT molecular complexity index is 272. The van der Waals surface area contributed by atoms with Crippen LogP contribution in [0.4, 0.5) is 0 Å². The number of rotatable bonds is 3. The molecule has 0 amide bonds. The zero-order valence-corrected chi connectivity index (χ0v) is 8.57. The van der Waals surface area contributed by atoms with Crippen molar-refractivity contribution in [1.82, 2.24) is 0 Å². The molecule has 0 bridgehead atoms. The second kappa shape index (κ2) is 3.73. The normalized spacial score (nSPS) is 32.0. The van der Waals surface area contributed by atoms with E-state index in [1.54, 1.807) is 0 Å². The van der Waals surface area contributed by atoms with Crippen LogP contribution in [0.5, 0.6) is 0 Å². The number of hydrogen-bond acceptors (Lipinski definition) is 3. The molecule has 3 nitrogen and oxygen atoms in total. The minimum absolute atomic E-state index is 0.241. The molecule has 1 fully saturated rings. The molecule has 14 heavy (non-hydrogen) atoms. The van der Waals surface area contributed by atoms with E-state index in [1.807, 2.05) is 6.92 Å². The Labute approximate surface area is 84.4 Å². The molecule has 2 aliphatic rings. The standard InChI is InChI=1S/C11H17NO2/c1-7(2)6-9(13)11-8-4-3-5-10(8)14-12-11/h8-10,13H,1,3-6H2,2H3/t8-,9+,10+/m1/s1. The van der Waals surface area contributed by atoms with E-state index >= 15 is 0 Å². The lowest BCUT2D eigenvalue weighted by Gasteiger charge is -2.14. The van der Waals surface area contributed by atoms with E-state index in [9.17, 15) is 5.11 Å². The molecule has 1 aliphatic carbocycles. The van der Waals surface area contributed by atoms with Gasteiger partial charge in [-0.25, -0.2) is 0 Å². The Kier molecular flexibility index (Phi) is 2.59. The van der Waals surface area contributed by atoms with Crippen LogP contribution in [0.2, 0.25) is 0 Å². The van der Waals surface area contributed by atoms with Gasteiger partial charge in [-0.2, -0.15) is 0 Å². The monoisotopic (exact) mass is 195 g/mol. The van der Waals surface area contributed by atoms with Gasteiger partial charge >= 0.3 is 0 Å².